The minimum absolute atomic E-state index is 0.0919. The van der Waals surface area contributed by atoms with Crippen molar-refractivity contribution in [1.82, 2.24) is 10.4 Å². The minimum Gasteiger partial charge on any atom is -0.271 e. The van der Waals surface area contributed by atoms with Crippen molar-refractivity contribution in [3.63, 3.8) is 0 Å². The molecule has 1 atom stereocenters. The van der Waals surface area contributed by atoms with Crippen molar-refractivity contribution in [2.24, 2.45) is 5.84 Å². The maximum Gasteiger partial charge on any atom is 0.0518 e. The van der Waals surface area contributed by atoms with Gasteiger partial charge in [-0.2, -0.15) is 0 Å². The van der Waals surface area contributed by atoms with Gasteiger partial charge in [0.05, 0.1) is 6.04 Å². The van der Waals surface area contributed by atoms with Crippen LogP contribution in [-0.4, -0.2) is 4.98 Å². The summed E-state index contributed by atoms with van der Waals surface area (Å²) < 4.78 is 0. The molecule has 0 fully saturated rings. The first-order valence-electron chi connectivity index (χ1n) is 6.56. The first-order chi connectivity index (χ1) is 9.11. The highest BCUT2D eigenvalue weighted by Gasteiger charge is 2.14. The third kappa shape index (κ3) is 3.19. The molecule has 1 aromatic carbocycles. The SMILES string of the molecule is Cc1ccc(C(Cc2ccccc2C)NN)c(C)n1. The second-order valence-electron chi connectivity index (χ2n) is 4.98. The number of aryl methyl sites for hydroxylation is 3. The van der Waals surface area contributed by atoms with Crippen LogP contribution >= 0.6 is 0 Å². The highest BCUT2D eigenvalue weighted by molar-refractivity contribution is 5.31. The molecule has 0 spiro atoms. The number of hydrogen-bond donors (Lipinski definition) is 2. The molecule has 3 nitrogen and oxygen atoms in total. The molecule has 0 saturated heterocycles. The summed E-state index contributed by atoms with van der Waals surface area (Å²) in [6.45, 7) is 6.16. The van der Waals surface area contributed by atoms with Crippen LogP contribution in [0, 0.1) is 20.8 Å². The van der Waals surface area contributed by atoms with E-state index in [2.05, 4.69) is 47.7 Å². The van der Waals surface area contributed by atoms with E-state index in [1.54, 1.807) is 0 Å². The zero-order valence-electron chi connectivity index (χ0n) is 11.8. The molecule has 0 bridgehead atoms. The Labute approximate surface area is 114 Å². The summed E-state index contributed by atoms with van der Waals surface area (Å²) in [5.41, 5.74) is 8.75. The zero-order valence-corrected chi connectivity index (χ0v) is 11.8. The number of aromatic nitrogens is 1. The summed E-state index contributed by atoms with van der Waals surface area (Å²) in [5, 5.41) is 0. The van der Waals surface area contributed by atoms with Gasteiger partial charge in [-0.25, -0.2) is 0 Å². The van der Waals surface area contributed by atoms with Gasteiger partial charge in [0.15, 0.2) is 0 Å². The van der Waals surface area contributed by atoms with Crippen LogP contribution in [0.15, 0.2) is 36.4 Å². The number of rotatable bonds is 4. The van der Waals surface area contributed by atoms with Crippen LogP contribution in [0.4, 0.5) is 0 Å². The van der Waals surface area contributed by atoms with Gasteiger partial charge >= 0.3 is 0 Å². The van der Waals surface area contributed by atoms with E-state index in [0.717, 1.165) is 23.4 Å². The number of nitrogens with zero attached hydrogens (tertiary/aromatic N) is 1. The molecule has 0 aliphatic carbocycles. The molecule has 0 amide bonds. The van der Waals surface area contributed by atoms with Crippen molar-refractivity contribution < 1.29 is 0 Å². The Morgan fingerprint density at radius 2 is 1.84 bits per heavy atom. The van der Waals surface area contributed by atoms with Crippen LogP contribution in [-0.2, 0) is 6.42 Å². The highest BCUT2D eigenvalue weighted by atomic mass is 15.2. The number of hydrazine groups is 1. The van der Waals surface area contributed by atoms with Crippen LogP contribution < -0.4 is 11.3 Å². The Kier molecular flexibility index (Phi) is 4.30. The van der Waals surface area contributed by atoms with E-state index in [4.69, 9.17) is 5.84 Å². The topological polar surface area (TPSA) is 50.9 Å². The molecule has 2 rings (SSSR count). The Morgan fingerprint density at radius 1 is 1.11 bits per heavy atom. The lowest BCUT2D eigenvalue weighted by Gasteiger charge is -2.19. The molecule has 3 heteroatoms. The van der Waals surface area contributed by atoms with Gasteiger partial charge in [0.2, 0.25) is 0 Å². The minimum atomic E-state index is 0.0919. The third-order valence-corrected chi connectivity index (χ3v) is 3.53. The number of benzene rings is 1. The van der Waals surface area contributed by atoms with Crippen LogP contribution in [0.3, 0.4) is 0 Å². The lowest BCUT2D eigenvalue weighted by molar-refractivity contribution is 0.545. The van der Waals surface area contributed by atoms with Gasteiger partial charge in [0, 0.05) is 11.4 Å². The molecule has 0 aliphatic heterocycles. The van der Waals surface area contributed by atoms with E-state index >= 15 is 0 Å². The molecular weight excluding hydrogens is 234 g/mol. The van der Waals surface area contributed by atoms with Crippen molar-refractivity contribution in [2.45, 2.75) is 33.2 Å². The largest absolute Gasteiger partial charge is 0.271 e. The molecule has 0 aliphatic rings. The average Bonchev–Trinajstić information content (AvgIpc) is 2.39. The lowest BCUT2D eigenvalue weighted by atomic mass is 9.95. The molecule has 1 heterocycles. The molecule has 0 radical (unpaired) electrons. The van der Waals surface area contributed by atoms with E-state index in [9.17, 15) is 0 Å². The normalized spacial score (nSPS) is 12.4. The van der Waals surface area contributed by atoms with E-state index in [1.807, 2.05) is 19.9 Å². The second kappa shape index (κ2) is 5.95. The molecule has 2 aromatic rings. The van der Waals surface area contributed by atoms with E-state index in [1.165, 1.54) is 11.1 Å². The molecule has 1 unspecified atom stereocenters. The first kappa shape index (κ1) is 13.7. The van der Waals surface area contributed by atoms with Crippen LogP contribution in [0.25, 0.3) is 0 Å². The van der Waals surface area contributed by atoms with E-state index in [0.29, 0.717) is 0 Å². The van der Waals surface area contributed by atoms with Gasteiger partial charge in [-0.1, -0.05) is 30.3 Å². The van der Waals surface area contributed by atoms with Crippen LogP contribution in [0.5, 0.6) is 0 Å². The Morgan fingerprint density at radius 3 is 2.47 bits per heavy atom. The summed E-state index contributed by atoms with van der Waals surface area (Å²) in [6.07, 6.45) is 0.870. The fourth-order valence-electron chi connectivity index (χ4n) is 2.38. The number of hydrogen-bond acceptors (Lipinski definition) is 3. The summed E-state index contributed by atoms with van der Waals surface area (Å²) >= 11 is 0. The van der Waals surface area contributed by atoms with Gasteiger partial charge in [-0.15, -0.1) is 0 Å². The van der Waals surface area contributed by atoms with Crippen molar-refractivity contribution in [2.75, 3.05) is 0 Å². The Balaban J connectivity index is 2.28. The van der Waals surface area contributed by atoms with Crippen LogP contribution in [0.1, 0.15) is 34.1 Å². The number of nitrogens with one attached hydrogen (secondary N) is 1. The average molecular weight is 255 g/mol. The molecule has 100 valence electrons. The summed E-state index contributed by atoms with van der Waals surface area (Å²) in [6, 6.07) is 12.6. The second-order valence-corrected chi connectivity index (χ2v) is 4.98. The monoisotopic (exact) mass is 255 g/mol. The maximum absolute atomic E-state index is 5.73. The lowest BCUT2D eigenvalue weighted by Crippen LogP contribution is -2.30. The Bertz CT molecular complexity index is 564. The predicted octanol–water partition coefficient (Wildman–Crippen LogP) is 2.75. The van der Waals surface area contributed by atoms with E-state index in [-0.39, 0.29) is 6.04 Å². The highest BCUT2D eigenvalue weighted by Crippen LogP contribution is 2.22. The quantitative estimate of drug-likeness (QED) is 0.652. The molecule has 3 N–H and O–H groups in total. The standard InChI is InChI=1S/C16H21N3/c1-11-6-4-5-7-14(11)10-16(19-17)15-9-8-12(2)18-13(15)3/h4-9,16,19H,10,17H2,1-3H3. The molecule has 0 saturated carbocycles. The number of pyridine rings is 1. The maximum atomic E-state index is 5.73. The fourth-order valence-corrected chi connectivity index (χ4v) is 2.38. The predicted molar refractivity (Wildman–Crippen MR) is 78.7 cm³/mol. The Hall–Kier alpha value is -1.71. The zero-order chi connectivity index (χ0) is 13.8. The summed E-state index contributed by atoms with van der Waals surface area (Å²) in [4.78, 5) is 4.51. The summed E-state index contributed by atoms with van der Waals surface area (Å²) in [5.74, 6) is 5.73. The van der Waals surface area contributed by atoms with Crippen molar-refractivity contribution in [3.05, 3.63) is 64.5 Å². The van der Waals surface area contributed by atoms with E-state index < -0.39 is 0 Å². The van der Waals surface area contributed by atoms with Crippen molar-refractivity contribution >= 4 is 0 Å². The molecular formula is C16H21N3. The van der Waals surface area contributed by atoms with Crippen LogP contribution in [0.2, 0.25) is 0 Å². The van der Waals surface area contributed by atoms with Crippen molar-refractivity contribution in [1.29, 1.82) is 0 Å². The van der Waals surface area contributed by atoms with Gasteiger partial charge in [-0.3, -0.25) is 16.3 Å². The van der Waals surface area contributed by atoms with Gasteiger partial charge < -0.3 is 0 Å². The van der Waals surface area contributed by atoms with Gasteiger partial charge in [-0.05, 0) is 49.9 Å². The van der Waals surface area contributed by atoms with Gasteiger partial charge in [0.1, 0.15) is 0 Å². The summed E-state index contributed by atoms with van der Waals surface area (Å²) in [7, 11) is 0. The third-order valence-electron chi connectivity index (χ3n) is 3.53. The van der Waals surface area contributed by atoms with Gasteiger partial charge in [0.25, 0.3) is 0 Å². The molecule has 1 aromatic heterocycles. The fraction of sp³-hybridized carbons (Fsp3) is 0.312. The number of nitrogens with two attached hydrogens (primary N) is 1. The van der Waals surface area contributed by atoms with Crippen molar-refractivity contribution in [3.8, 4) is 0 Å². The molecule has 19 heavy (non-hydrogen) atoms. The first-order valence-corrected chi connectivity index (χ1v) is 6.56. The smallest absolute Gasteiger partial charge is 0.0518 e.